The molecule has 6 atom stereocenters. The number of hydrogen-bond donors (Lipinski definition) is 6. The van der Waals surface area contributed by atoms with Crippen LogP contribution in [-0.2, 0) is 40.0 Å². The van der Waals surface area contributed by atoms with Crippen LogP contribution >= 0.6 is 0 Å². The third-order valence-electron chi connectivity index (χ3n) is 10.5. The number of amides is 7. The highest BCUT2D eigenvalue weighted by Gasteiger charge is 2.43. The van der Waals surface area contributed by atoms with Crippen molar-refractivity contribution in [3.63, 3.8) is 0 Å². The number of fused-ring (bicyclic) bond motifs is 1. The van der Waals surface area contributed by atoms with Gasteiger partial charge in [-0.15, -0.1) is 0 Å². The molecule has 0 saturated carbocycles. The molecule has 310 valence electrons. The molecular weight excluding hydrogens is 747 g/mol. The molecule has 1 heterocycles. The number of carboxylic acids is 1. The zero-order valence-corrected chi connectivity index (χ0v) is 33.4. The Hall–Kier alpha value is -6.32. The minimum atomic E-state index is -1.58. The molecule has 7 N–H and O–H groups in total. The number of primary amides is 1. The van der Waals surface area contributed by atoms with Gasteiger partial charge in [0.15, 0.2) is 0 Å². The fourth-order valence-corrected chi connectivity index (χ4v) is 6.85. The summed E-state index contributed by atoms with van der Waals surface area (Å²) in [4.78, 5) is 106. The molecule has 0 aromatic heterocycles. The van der Waals surface area contributed by atoms with Crippen molar-refractivity contribution in [3.8, 4) is 0 Å². The topological polar surface area (TPSA) is 237 Å². The molecular formula is C42H53N7O9. The predicted octanol–water partition coefficient (Wildman–Crippen LogP) is 2.20. The molecule has 3 aromatic rings. The van der Waals surface area contributed by atoms with E-state index in [0.717, 1.165) is 15.7 Å². The predicted molar refractivity (Wildman–Crippen MR) is 216 cm³/mol. The van der Waals surface area contributed by atoms with Gasteiger partial charge < -0.3 is 41.9 Å². The zero-order valence-electron chi connectivity index (χ0n) is 33.4. The number of nitrogens with one attached hydrogen (secondary N) is 4. The van der Waals surface area contributed by atoms with Crippen molar-refractivity contribution in [2.45, 2.75) is 84.0 Å². The lowest BCUT2D eigenvalue weighted by Gasteiger charge is -2.33. The highest BCUT2D eigenvalue weighted by Crippen LogP contribution is 2.23. The maximum absolute atomic E-state index is 13.8. The Labute approximate surface area is 337 Å². The maximum atomic E-state index is 13.8. The number of aliphatic carboxylic acids is 1. The molecule has 16 nitrogen and oxygen atoms in total. The number of rotatable bonds is 19. The van der Waals surface area contributed by atoms with Crippen molar-refractivity contribution in [3.05, 3.63) is 77.9 Å². The molecule has 1 fully saturated rings. The van der Waals surface area contributed by atoms with Crippen LogP contribution in [0.15, 0.2) is 66.7 Å². The molecule has 16 heteroatoms. The van der Waals surface area contributed by atoms with Crippen molar-refractivity contribution in [2.75, 3.05) is 25.5 Å². The molecule has 3 aromatic carbocycles. The Bertz CT molecular complexity index is 2020. The normalized spacial score (nSPS) is 16.3. The molecule has 58 heavy (non-hydrogen) atoms. The lowest BCUT2D eigenvalue weighted by molar-refractivity contribution is -0.146. The zero-order chi connectivity index (χ0) is 42.7. The lowest BCUT2D eigenvalue weighted by atomic mass is 9.96. The van der Waals surface area contributed by atoms with Gasteiger partial charge in [-0.05, 0) is 58.9 Å². The standard InChI is InChI=1S/C42H53N7O9/c1-6-24(3)36(38(43)54)47-34(51)23-48(5)41(57)32(22-35(52)53)46-40(56)37(25(4)7-2)49-19-18-31(42(49)58)45-33(50)20-26-12-16-30(17-13-26)44-39(55)29-15-14-27-10-8-9-11-28(27)21-29/h8-17,21,24-25,31-32,36-37H,6-7,18-20,22-23H2,1-5H3,(H2,43,54)(H,44,55)(H,45,50)(H,46,56)(H,47,51)(H,52,53)/t24?,25-,31?,32-,36?,37-/m0/s1. The van der Waals surface area contributed by atoms with E-state index >= 15 is 0 Å². The lowest BCUT2D eigenvalue weighted by Crippen LogP contribution is -2.58. The summed E-state index contributed by atoms with van der Waals surface area (Å²) in [7, 11) is 1.26. The number of likely N-dealkylation sites (N-methyl/N-ethyl adjacent to an activating group) is 1. The van der Waals surface area contributed by atoms with Crippen LogP contribution in [0.1, 0.15) is 69.3 Å². The van der Waals surface area contributed by atoms with Gasteiger partial charge in [-0.25, -0.2) is 0 Å². The fraction of sp³-hybridized carbons (Fsp3) is 0.429. The first-order chi connectivity index (χ1) is 27.5. The van der Waals surface area contributed by atoms with Crippen LogP contribution < -0.4 is 27.0 Å². The van der Waals surface area contributed by atoms with Gasteiger partial charge in [0.05, 0.1) is 19.4 Å². The first-order valence-electron chi connectivity index (χ1n) is 19.4. The number of anilines is 1. The number of nitrogens with zero attached hydrogens (tertiary/aromatic N) is 2. The van der Waals surface area contributed by atoms with E-state index < -0.39 is 84.5 Å². The Kier molecular flexibility index (Phi) is 15.5. The molecule has 1 aliphatic heterocycles. The summed E-state index contributed by atoms with van der Waals surface area (Å²) in [5.74, 6) is -6.36. The summed E-state index contributed by atoms with van der Waals surface area (Å²) in [5.41, 5.74) is 7.12. The summed E-state index contributed by atoms with van der Waals surface area (Å²) in [5, 5.41) is 22.2. The SMILES string of the molecule is CCC(C)C(NC(=O)CN(C)C(=O)[C@H](CC(=O)O)NC(=O)[C@H]([C@@H](C)CC)N1CCC(NC(=O)Cc2ccc(NC(=O)c3ccc4ccccc4c3)cc2)C1=O)C(N)=O. The first kappa shape index (κ1) is 44.4. The average molecular weight is 800 g/mol. The second kappa shape index (κ2) is 20.2. The smallest absolute Gasteiger partial charge is 0.305 e. The molecule has 3 unspecified atom stereocenters. The van der Waals surface area contributed by atoms with E-state index in [4.69, 9.17) is 5.73 Å². The van der Waals surface area contributed by atoms with Crippen LogP contribution in [0, 0.1) is 11.8 Å². The van der Waals surface area contributed by atoms with Gasteiger partial charge in [-0.3, -0.25) is 38.4 Å². The van der Waals surface area contributed by atoms with E-state index in [-0.39, 0.29) is 31.2 Å². The van der Waals surface area contributed by atoms with Gasteiger partial charge in [-0.1, -0.05) is 83.0 Å². The van der Waals surface area contributed by atoms with Gasteiger partial charge in [-0.2, -0.15) is 0 Å². The summed E-state index contributed by atoms with van der Waals surface area (Å²) in [6.45, 7) is 6.69. The summed E-state index contributed by atoms with van der Waals surface area (Å²) < 4.78 is 0. The van der Waals surface area contributed by atoms with E-state index in [0.29, 0.717) is 29.7 Å². The molecule has 0 radical (unpaired) electrons. The average Bonchev–Trinajstić information content (AvgIpc) is 3.53. The van der Waals surface area contributed by atoms with E-state index in [1.807, 2.05) is 50.2 Å². The molecule has 4 rings (SSSR count). The van der Waals surface area contributed by atoms with E-state index in [9.17, 15) is 43.5 Å². The third-order valence-corrected chi connectivity index (χ3v) is 10.5. The monoisotopic (exact) mass is 799 g/mol. The summed E-state index contributed by atoms with van der Waals surface area (Å²) >= 11 is 0. The van der Waals surface area contributed by atoms with Gasteiger partial charge in [0, 0.05) is 24.8 Å². The highest BCUT2D eigenvalue weighted by molar-refractivity contribution is 6.06. The van der Waals surface area contributed by atoms with Crippen LogP contribution in [0.2, 0.25) is 0 Å². The Morgan fingerprint density at radius 2 is 1.53 bits per heavy atom. The van der Waals surface area contributed by atoms with Gasteiger partial charge >= 0.3 is 5.97 Å². The summed E-state index contributed by atoms with van der Waals surface area (Å²) in [6, 6.07) is 15.4. The van der Waals surface area contributed by atoms with Crippen LogP contribution in [0.4, 0.5) is 5.69 Å². The molecule has 0 bridgehead atoms. The highest BCUT2D eigenvalue weighted by atomic mass is 16.4. The number of benzene rings is 3. The molecule has 1 saturated heterocycles. The van der Waals surface area contributed by atoms with Crippen molar-refractivity contribution < 1.29 is 43.5 Å². The van der Waals surface area contributed by atoms with Crippen molar-refractivity contribution in [1.29, 1.82) is 0 Å². The van der Waals surface area contributed by atoms with Crippen molar-refractivity contribution in [1.82, 2.24) is 25.8 Å². The van der Waals surface area contributed by atoms with Crippen LogP contribution in [0.5, 0.6) is 0 Å². The number of hydrogen-bond acceptors (Lipinski definition) is 8. The van der Waals surface area contributed by atoms with Gasteiger partial charge in [0.1, 0.15) is 24.2 Å². The molecule has 0 aliphatic carbocycles. The quantitative estimate of drug-likeness (QED) is 0.104. The summed E-state index contributed by atoms with van der Waals surface area (Å²) in [6.07, 6.45) is 0.356. The maximum Gasteiger partial charge on any atom is 0.305 e. The van der Waals surface area contributed by atoms with Crippen LogP contribution in [0.3, 0.4) is 0 Å². The van der Waals surface area contributed by atoms with E-state index in [1.165, 1.54) is 11.9 Å². The first-order valence-corrected chi connectivity index (χ1v) is 19.4. The number of carbonyl (C=O) groups is 8. The minimum absolute atomic E-state index is 0.0523. The number of likely N-dealkylation sites (tertiary alicyclic amines) is 1. The van der Waals surface area contributed by atoms with Crippen LogP contribution in [-0.4, -0.2) is 107 Å². The van der Waals surface area contributed by atoms with E-state index in [2.05, 4.69) is 21.3 Å². The Balaban J connectivity index is 1.35. The van der Waals surface area contributed by atoms with Crippen molar-refractivity contribution in [2.24, 2.45) is 17.6 Å². The third kappa shape index (κ3) is 11.6. The Morgan fingerprint density at radius 3 is 2.16 bits per heavy atom. The van der Waals surface area contributed by atoms with Crippen LogP contribution in [0.25, 0.3) is 10.8 Å². The van der Waals surface area contributed by atoms with E-state index in [1.54, 1.807) is 44.2 Å². The molecule has 1 aliphatic rings. The van der Waals surface area contributed by atoms with Crippen molar-refractivity contribution >= 4 is 63.8 Å². The number of carbonyl (C=O) groups excluding carboxylic acids is 7. The van der Waals surface area contributed by atoms with Gasteiger partial charge in [0.25, 0.3) is 5.91 Å². The van der Waals surface area contributed by atoms with Gasteiger partial charge in [0.2, 0.25) is 35.4 Å². The second-order valence-electron chi connectivity index (χ2n) is 14.8. The number of nitrogens with two attached hydrogens (primary N) is 1. The number of carboxylic acid groups (broad SMARTS) is 1. The largest absolute Gasteiger partial charge is 0.481 e. The Morgan fingerprint density at radius 1 is 0.879 bits per heavy atom. The minimum Gasteiger partial charge on any atom is -0.481 e. The molecule has 0 spiro atoms. The fourth-order valence-electron chi connectivity index (χ4n) is 6.85. The second-order valence-corrected chi connectivity index (χ2v) is 14.8. The molecule has 7 amide bonds.